The molecule has 0 bridgehead atoms. The average Bonchev–Trinajstić information content (AvgIpc) is 4.09. The third kappa shape index (κ3) is 11.1. The quantitative estimate of drug-likeness (QED) is 0.0639. The summed E-state index contributed by atoms with van der Waals surface area (Å²) in [6.45, 7) is 10.5. The van der Waals surface area contributed by atoms with E-state index in [1.54, 1.807) is 98.3 Å². The number of nitriles is 1. The highest BCUT2D eigenvalue weighted by molar-refractivity contribution is 7.81. The molecule has 0 saturated carbocycles. The number of carbonyl (C=O) groups is 5. The van der Waals surface area contributed by atoms with Crippen molar-refractivity contribution in [2.24, 2.45) is 5.41 Å². The topological polar surface area (TPSA) is 201 Å². The van der Waals surface area contributed by atoms with Gasteiger partial charge in [-0.15, -0.1) is 11.3 Å². The summed E-state index contributed by atoms with van der Waals surface area (Å²) in [5.41, 5.74) is 1.50. The lowest BCUT2D eigenvalue weighted by Gasteiger charge is -2.35. The summed E-state index contributed by atoms with van der Waals surface area (Å²) in [4.78, 5) is 81.5. The number of carbonyl (C=O) groups excluding carboxylic acids is 5. The zero-order chi connectivity index (χ0) is 55.0. The fourth-order valence-corrected chi connectivity index (χ4v) is 10.4. The van der Waals surface area contributed by atoms with E-state index in [-0.39, 0.29) is 36.7 Å². The van der Waals surface area contributed by atoms with Gasteiger partial charge < -0.3 is 30.9 Å². The highest BCUT2D eigenvalue weighted by Crippen LogP contribution is 2.42. The lowest BCUT2D eigenvalue weighted by atomic mass is 9.85. The number of nitrogens with one attached hydrogen (secondary N) is 3. The number of hydrogen-bond acceptors (Lipinski definition) is 11. The number of amides is 5. The van der Waals surface area contributed by atoms with Crippen LogP contribution in [0.25, 0.3) is 21.7 Å². The second-order valence-electron chi connectivity index (χ2n) is 20.0. The summed E-state index contributed by atoms with van der Waals surface area (Å²) in [5, 5.41) is 28.2. The van der Waals surface area contributed by atoms with Gasteiger partial charge in [-0.3, -0.25) is 33.9 Å². The van der Waals surface area contributed by atoms with Crippen LogP contribution < -0.4 is 25.8 Å². The molecular weight excluding hydrogens is 1020 g/mol. The molecule has 0 spiro atoms. The van der Waals surface area contributed by atoms with Gasteiger partial charge in [0.15, 0.2) is 10.9 Å². The number of β-amino-alcohol motifs (C(OH)–C–C–N with tert-alkyl or cyclic N) is 1. The number of thiazole rings is 1. The number of thiocarbonyl (C=S) groups is 1. The van der Waals surface area contributed by atoms with Gasteiger partial charge >= 0.3 is 6.18 Å². The third-order valence-electron chi connectivity index (χ3n) is 13.2. The number of pyridine rings is 1. The Bertz CT molecular complexity index is 3280. The number of anilines is 2. The van der Waals surface area contributed by atoms with Crippen molar-refractivity contribution in [3.63, 3.8) is 0 Å². The Hall–Kier alpha value is -7.93. The number of aliphatic hydroxyl groups is 1. The fourth-order valence-electron chi connectivity index (χ4n) is 9.08. The van der Waals surface area contributed by atoms with Gasteiger partial charge in [-0.2, -0.15) is 18.4 Å². The smallest absolute Gasteiger partial charge is 0.391 e. The number of likely N-dealkylation sites (tertiary alicyclic amines) is 1. The molecule has 4 aromatic carbocycles. The lowest BCUT2D eigenvalue weighted by molar-refractivity contribution is -0.142. The molecule has 0 aliphatic carbocycles. The summed E-state index contributed by atoms with van der Waals surface area (Å²) in [5.74, 6) is -4.44. The second kappa shape index (κ2) is 21.4. The molecule has 76 heavy (non-hydrogen) atoms. The minimum Gasteiger partial charge on any atom is -0.391 e. The molecule has 15 nitrogen and oxygen atoms in total. The number of benzene rings is 4. The van der Waals surface area contributed by atoms with Gasteiger partial charge in [0, 0.05) is 42.7 Å². The predicted octanol–water partition coefficient (Wildman–Crippen LogP) is 8.48. The van der Waals surface area contributed by atoms with Crippen molar-refractivity contribution < 1.29 is 46.6 Å². The summed E-state index contributed by atoms with van der Waals surface area (Å²) in [6.07, 6.45) is -4.70. The van der Waals surface area contributed by atoms with Crippen LogP contribution in [0.15, 0.2) is 109 Å². The first-order chi connectivity index (χ1) is 35.9. The highest BCUT2D eigenvalue weighted by Gasteiger charge is 2.52. The Morgan fingerprint density at radius 2 is 1.47 bits per heavy atom. The van der Waals surface area contributed by atoms with Crippen LogP contribution in [0, 0.1) is 29.5 Å². The molecule has 2 saturated heterocycles. The zero-order valence-corrected chi connectivity index (χ0v) is 43.6. The second-order valence-corrected chi connectivity index (χ2v) is 21.2. The molecule has 6 aromatic rings. The molecule has 2 aliphatic heterocycles. The third-order valence-corrected chi connectivity index (χ3v) is 14.6. The number of alkyl halides is 3. The number of rotatable bonds is 13. The van der Waals surface area contributed by atoms with Gasteiger partial charge in [0.1, 0.15) is 23.2 Å². The summed E-state index contributed by atoms with van der Waals surface area (Å²) < 4.78 is 56.9. The van der Waals surface area contributed by atoms with E-state index in [9.17, 15) is 47.5 Å². The fraction of sp³-hybridized carbons (Fsp3) is 0.291. The van der Waals surface area contributed by atoms with Crippen molar-refractivity contribution >= 4 is 69.6 Å². The largest absolute Gasteiger partial charge is 0.420 e. The standard InChI is InChI=1S/C55H51F4N9O6S2/c1-30-45(76-29-64-30)34-11-7-31(8-12-34)26-63-49(72)42-23-39(69)28-66(42)50(73)46(53(2,3)4)65-48(71)36-13-9-32(10-14-36)25-62-47(70)35-17-15-33(16-18-35)40-21-20-38(27-61-40)68-52(75)67(51(74)54(68,5)6)41-22-19-37(24-60)43(44(41)56)55(57,58)59/h7-22,27,29,39,42,46,69H,23,25-26,28H2,1-6H3,(H,62,70)(H,63,72)(H,65,71)/t39-,42+,46-/m1/s1. The SMILES string of the molecule is Cc1ncsc1-c1ccc(CNC(=O)[C@@H]2C[C@@H](O)CN2C(=O)[C@@H](NC(=O)c2ccc(CNC(=O)c3ccc(-c4ccc(N5C(=S)N(c6ccc(C#N)c(C(F)(F)F)c6F)C(=O)C5(C)C)cn4)cc3)cc2)C(C)(C)C)cc1. The highest BCUT2D eigenvalue weighted by atomic mass is 32.1. The van der Waals surface area contributed by atoms with E-state index in [0.717, 1.165) is 33.8 Å². The maximum atomic E-state index is 15.5. The molecule has 0 radical (unpaired) electrons. The lowest BCUT2D eigenvalue weighted by Crippen LogP contribution is -2.57. The molecule has 2 aromatic heterocycles. The van der Waals surface area contributed by atoms with Crippen molar-refractivity contribution in [3.05, 3.63) is 154 Å². The van der Waals surface area contributed by atoms with Crippen LogP contribution in [0.4, 0.5) is 28.9 Å². The Kier molecular flexibility index (Phi) is 15.3. The van der Waals surface area contributed by atoms with E-state index in [1.165, 1.54) is 35.9 Å². The number of aryl methyl sites for hydroxylation is 1. The molecule has 2 aliphatic rings. The Balaban J connectivity index is 0.852. The molecule has 2 fully saturated rings. The van der Waals surface area contributed by atoms with Crippen LogP contribution in [0.5, 0.6) is 0 Å². The number of aliphatic hydroxyl groups excluding tert-OH is 1. The molecule has 5 amide bonds. The van der Waals surface area contributed by atoms with Crippen molar-refractivity contribution in [1.29, 1.82) is 5.26 Å². The average molecular weight is 1070 g/mol. The normalized spacial score (nSPS) is 16.8. The predicted molar refractivity (Wildman–Crippen MR) is 281 cm³/mol. The van der Waals surface area contributed by atoms with Gasteiger partial charge in [0.2, 0.25) is 11.8 Å². The van der Waals surface area contributed by atoms with Crippen LogP contribution in [0.2, 0.25) is 0 Å². The van der Waals surface area contributed by atoms with Crippen LogP contribution >= 0.6 is 23.6 Å². The van der Waals surface area contributed by atoms with Gasteiger partial charge in [-0.1, -0.05) is 69.3 Å². The van der Waals surface area contributed by atoms with E-state index in [4.69, 9.17) is 12.2 Å². The van der Waals surface area contributed by atoms with E-state index in [2.05, 4.69) is 25.9 Å². The van der Waals surface area contributed by atoms with Gasteiger partial charge in [-0.25, -0.2) is 9.37 Å². The summed E-state index contributed by atoms with van der Waals surface area (Å²) >= 11 is 7.08. The molecule has 21 heteroatoms. The van der Waals surface area contributed by atoms with E-state index in [0.29, 0.717) is 33.0 Å². The number of hydrogen-bond donors (Lipinski definition) is 4. The Morgan fingerprint density at radius 1 is 0.868 bits per heavy atom. The summed E-state index contributed by atoms with van der Waals surface area (Å²) in [7, 11) is 0. The molecule has 4 heterocycles. The van der Waals surface area contributed by atoms with Gasteiger partial charge in [0.05, 0.1) is 57.1 Å². The Morgan fingerprint density at radius 3 is 2.05 bits per heavy atom. The van der Waals surface area contributed by atoms with Crippen LogP contribution in [0.1, 0.15) is 89.7 Å². The van der Waals surface area contributed by atoms with E-state index < -0.39 is 87.5 Å². The first kappa shape index (κ1) is 54.3. The molecule has 8 rings (SSSR count). The first-order valence-corrected chi connectivity index (χ1v) is 25.2. The van der Waals surface area contributed by atoms with Crippen molar-refractivity contribution in [3.8, 4) is 27.8 Å². The van der Waals surface area contributed by atoms with E-state index >= 15 is 4.39 Å². The Labute approximate surface area is 444 Å². The maximum absolute atomic E-state index is 15.5. The van der Waals surface area contributed by atoms with Crippen molar-refractivity contribution in [1.82, 2.24) is 30.8 Å². The van der Waals surface area contributed by atoms with Gasteiger partial charge in [0.25, 0.3) is 17.7 Å². The van der Waals surface area contributed by atoms with Crippen LogP contribution in [-0.4, -0.2) is 84.9 Å². The van der Waals surface area contributed by atoms with Crippen molar-refractivity contribution in [2.75, 3.05) is 16.3 Å². The minimum absolute atomic E-state index is 0.0456. The maximum Gasteiger partial charge on any atom is 0.420 e. The molecular formula is C55H51F4N9O6S2. The van der Waals surface area contributed by atoms with Gasteiger partial charge in [-0.05, 0) is 104 Å². The first-order valence-electron chi connectivity index (χ1n) is 23.9. The summed E-state index contributed by atoms with van der Waals surface area (Å²) in [6, 6.07) is 25.0. The number of halogens is 4. The molecule has 392 valence electrons. The zero-order valence-electron chi connectivity index (χ0n) is 42.0. The van der Waals surface area contributed by atoms with Crippen LogP contribution in [-0.2, 0) is 33.6 Å². The molecule has 3 atom stereocenters. The van der Waals surface area contributed by atoms with Crippen molar-refractivity contribution in [2.45, 2.75) is 91.0 Å². The van der Waals surface area contributed by atoms with E-state index in [1.807, 2.05) is 31.2 Å². The molecule has 0 unspecified atom stereocenters. The minimum atomic E-state index is -5.22. The monoisotopic (exact) mass is 1070 g/mol. The molecule has 4 N–H and O–H groups in total. The number of aromatic nitrogens is 2. The number of nitrogens with zero attached hydrogens (tertiary/aromatic N) is 6. The van der Waals surface area contributed by atoms with Crippen LogP contribution in [0.3, 0.4) is 0 Å².